The van der Waals surface area contributed by atoms with Crippen LogP contribution in [0.4, 0.5) is 0 Å². The number of hydrogen-bond donors (Lipinski definition) is 0. The summed E-state index contributed by atoms with van der Waals surface area (Å²) in [5.41, 5.74) is 1.79. The molecule has 0 N–H and O–H groups in total. The molecule has 1 aromatic heterocycles. The summed E-state index contributed by atoms with van der Waals surface area (Å²) in [6.45, 7) is 0. The van der Waals surface area contributed by atoms with Crippen molar-refractivity contribution in [2.75, 3.05) is 0 Å². The fraction of sp³-hybridized carbons (Fsp3) is 0.636. The van der Waals surface area contributed by atoms with Crippen LogP contribution in [0, 0.1) is 5.92 Å². The van der Waals surface area contributed by atoms with E-state index >= 15 is 0 Å². The third kappa shape index (κ3) is 1.01. The fourth-order valence-corrected chi connectivity index (χ4v) is 2.92. The molecule has 0 radical (unpaired) electrons. The zero-order chi connectivity index (χ0) is 8.73. The standard InChI is InChI=1S/C11H14N2/c1-2-5-11(7-9(11)3-1)10-4-6-12-8-13-10/h4,6,8-9H,1-3,5,7H2. The number of nitrogens with zero attached hydrogens (tertiary/aromatic N) is 2. The first-order chi connectivity index (χ1) is 6.42. The highest BCUT2D eigenvalue weighted by atomic mass is 14.9. The van der Waals surface area contributed by atoms with Crippen LogP contribution in [-0.4, -0.2) is 9.97 Å². The Kier molecular flexibility index (Phi) is 1.46. The number of rotatable bonds is 1. The molecule has 2 heteroatoms. The van der Waals surface area contributed by atoms with Crippen LogP contribution >= 0.6 is 0 Å². The molecule has 2 aliphatic carbocycles. The van der Waals surface area contributed by atoms with Gasteiger partial charge in [-0.3, -0.25) is 0 Å². The van der Waals surface area contributed by atoms with Gasteiger partial charge in [0.05, 0.1) is 5.69 Å². The maximum Gasteiger partial charge on any atom is 0.115 e. The normalized spacial score (nSPS) is 36.8. The quantitative estimate of drug-likeness (QED) is 0.653. The number of fused-ring (bicyclic) bond motifs is 1. The fourth-order valence-electron chi connectivity index (χ4n) is 2.92. The topological polar surface area (TPSA) is 25.8 Å². The lowest BCUT2D eigenvalue weighted by Crippen LogP contribution is -2.15. The number of hydrogen-bond acceptors (Lipinski definition) is 2. The Morgan fingerprint density at radius 1 is 1.38 bits per heavy atom. The predicted molar refractivity (Wildman–Crippen MR) is 50.3 cm³/mol. The molecule has 0 spiro atoms. The van der Waals surface area contributed by atoms with Crippen molar-refractivity contribution in [1.29, 1.82) is 0 Å². The van der Waals surface area contributed by atoms with Crippen molar-refractivity contribution in [3.63, 3.8) is 0 Å². The Bertz CT molecular complexity index is 309. The average Bonchev–Trinajstić information content (AvgIpc) is 2.94. The molecule has 2 saturated carbocycles. The molecule has 2 nitrogen and oxygen atoms in total. The summed E-state index contributed by atoms with van der Waals surface area (Å²) < 4.78 is 0. The molecule has 13 heavy (non-hydrogen) atoms. The van der Waals surface area contributed by atoms with E-state index in [1.165, 1.54) is 37.8 Å². The third-order valence-electron chi connectivity index (χ3n) is 3.75. The Hall–Kier alpha value is -0.920. The minimum absolute atomic E-state index is 0.487. The van der Waals surface area contributed by atoms with Gasteiger partial charge in [-0.1, -0.05) is 12.8 Å². The summed E-state index contributed by atoms with van der Waals surface area (Å²) >= 11 is 0. The Labute approximate surface area is 78.4 Å². The van der Waals surface area contributed by atoms with Crippen LogP contribution in [0.2, 0.25) is 0 Å². The van der Waals surface area contributed by atoms with E-state index < -0.39 is 0 Å². The molecule has 2 fully saturated rings. The summed E-state index contributed by atoms with van der Waals surface area (Å²) in [4.78, 5) is 8.38. The molecule has 0 aliphatic heterocycles. The van der Waals surface area contributed by atoms with Crippen LogP contribution in [0.1, 0.15) is 37.8 Å². The smallest absolute Gasteiger partial charge is 0.115 e. The van der Waals surface area contributed by atoms with Gasteiger partial charge in [-0.2, -0.15) is 0 Å². The molecular formula is C11H14N2. The molecule has 3 rings (SSSR count). The molecule has 2 unspecified atom stereocenters. The molecule has 0 amide bonds. The molecule has 1 aromatic rings. The van der Waals surface area contributed by atoms with Gasteiger partial charge in [0.15, 0.2) is 0 Å². The van der Waals surface area contributed by atoms with Gasteiger partial charge < -0.3 is 0 Å². The van der Waals surface area contributed by atoms with Crippen LogP contribution in [0.3, 0.4) is 0 Å². The third-order valence-corrected chi connectivity index (χ3v) is 3.75. The van der Waals surface area contributed by atoms with Gasteiger partial charge in [0.2, 0.25) is 0 Å². The predicted octanol–water partition coefficient (Wildman–Crippen LogP) is 2.31. The molecule has 2 atom stereocenters. The van der Waals surface area contributed by atoms with Crippen molar-refractivity contribution in [3.8, 4) is 0 Å². The van der Waals surface area contributed by atoms with Gasteiger partial charge in [-0.15, -0.1) is 0 Å². The zero-order valence-corrected chi connectivity index (χ0v) is 7.74. The SMILES string of the molecule is c1cc(C23CCCCC2C3)ncn1. The number of aromatic nitrogens is 2. The summed E-state index contributed by atoms with van der Waals surface area (Å²) in [6, 6.07) is 2.10. The lowest BCUT2D eigenvalue weighted by atomic mass is 9.86. The Morgan fingerprint density at radius 2 is 2.38 bits per heavy atom. The van der Waals surface area contributed by atoms with E-state index in [1.54, 1.807) is 6.33 Å². The van der Waals surface area contributed by atoms with Crippen molar-refractivity contribution in [1.82, 2.24) is 9.97 Å². The van der Waals surface area contributed by atoms with Crippen LogP contribution in [0.15, 0.2) is 18.6 Å². The molecule has 1 heterocycles. The highest BCUT2D eigenvalue weighted by molar-refractivity contribution is 5.27. The van der Waals surface area contributed by atoms with Crippen molar-refractivity contribution in [2.45, 2.75) is 37.5 Å². The molecule has 68 valence electrons. The van der Waals surface area contributed by atoms with Crippen LogP contribution < -0.4 is 0 Å². The first kappa shape index (κ1) is 7.48. The molecule has 0 aromatic carbocycles. The van der Waals surface area contributed by atoms with E-state index in [-0.39, 0.29) is 0 Å². The maximum absolute atomic E-state index is 4.40. The van der Waals surface area contributed by atoms with Gasteiger partial charge in [-0.25, -0.2) is 9.97 Å². The summed E-state index contributed by atoms with van der Waals surface area (Å²) in [6.07, 6.45) is 10.5. The highest BCUT2D eigenvalue weighted by Crippen LogP contribution is 2.61. The van der Waals surface area contributed by atoms with Crippen LogP contribution in [0.25, 0.3) is 0 Å². The molecular weight excluding hydrogens is 160 g/mol. The Morgan fingerprint density at radius 3 is 3.15 bits per heavy atom. The van der Waals surface area contributed by atoms with Gasteiger partial charge >= 0.3 is 0 Å². The second-order valence-corrected chi connectivity index (χ2v) is 4.40. The molecule has 0 bridgehead atoms. The zero-order valence-electron chi connectivity index (χ0n) is 7.74. The van der Waals surface area contributed by atoms with E-state index in [0.29, 0.717) is 5.41 Å². The maximum atomic E-state index is 4.40. The first-order valence-corrected chi connectivity index (χ1v) is 5.18. The Balaban J connectivity index is 1.94. The largest absolute Gasteiger partial charge is 0.245 e. The van der Waals surface area contributed by atoms with E-state index in [0.717, 1.165) is 5.92 Å². The van der Waals surface area contributed by atoms with Gasteiger partial charge in [-0.05, 0) is 31.2 Å². The van der Waals surface area contributed by atoms with Crippen LogP contribution in [-0.2, 0) is 5.41 Å². The first-order valence-electron chi connectivity index (χ1n) is 5.18. The molecule has 0 saturated heterocycles. The van der Waals surface area contributed by atoms with Crippen molar-refractivity contribution in [2.24, 2.45) is 5.92 Å². The molecule has 2 aliphatic rings. The second kappa shape index (κ2) is 2.53. The summed E-state index contributed by atoms with van der Waals surface area (Å²) in [5, 5.41) is 0. The van der Waals surface area contributed by atoms with E-state index in [9.17, 15) is 0 Å². The van der Waals surface area contributed by atoms with E-state index in [1.807, 2.05) is 6.20 Å². The van der Waals surface area contributed by atoms with Gasteiger partial charge in [0.25, 0.3) is 0 Å². The van der Waals surface area contributed by atoms with Gasteiger partial charge in [0, 0.05) is 11.6 Å². The lowest BCUT2D eigenvalue weighted by Gasteiger charge is -2.20. The van der Waals surface area contributed by atoms with Crippen LogP contribution in [0.5, 0.6) is 0 Å². The van der Waals surface area contributed by atoms with E-state index in [2.05, 4.69) is 16.0 Å². The van der Waals surface area contributed by atoms with Crippen molar-refractivity contribution < 1.29 is 0 Å². The van der Waals surface area contributed by atoms with Crippen molar-refractivity contribution in [3.05, 3.63) is 24.3 Å². The monoisotopic (exact) mass is 174 g/mol. The lowest BCUT2D eigenvalue weighted by molar-refractivity contribution is 0.421. The minimum atomic E-state index is 0.487. The van der Waals surface area contributed by atoms with Gasteiger partial charge in [0.1, 0.15) is 6.33 Å². The van der Waals surface area contributed by atoms with Crippen molar-refractivity contribution >= 4 is 0 Å². The minimum Gasteiger partial charge on any atom is -0.245 e. The summed E-state index contributed by atoms with van der Waals surface area (Å²) in [7, 11) is 0. The second-order valence-electron chi connectivity index (χ2n) is 4.40. The highest BCUT2D eigenvalue weighted by Gasteiger charge is 2.56. The van der Waals surface area contributed by atoms with E-state index in [4.69, 9.17) is 0 Å². The summed E-state index contributed by atoms with van der Waals surface area (Å²) in [5.74, 6) is 0.941. The average molecular weight is 174 g/mol.